The van der Waals surface area contributed by atoms with E-state index in [0.29, 0.717) is 32.8 Å². The summed E-state index contributed by atoms with van der Waals surface area (Å²) in [5, 5.41) is 8.63. The maximum absolute atomic E-state index is 12.8. The molecule has 0 saturated carbocycles. The fraction of sp³-hybridized carbons (Fsp3) is 0.0435. The van der Waals surface area contributed by atoms with Crippen LogP contribution in [-0.2, 0) is 0 Å². The number of aryl methyl sites for hydroxylation is 1. The zero-order valence-corrected chi connectivity index (χ0v) is 17.1. The summed E-state index contributed by atoms with van der Waals surface area (Å²) in [4.78, 5) is 12.8. The Balaban J connectivity index is 1.80. The Labute approximate surface area is 178 Å². The van der Waals surface area contributed by atoms with Crippen molar-refractivity contribution in [2.24, 2.45) is 0 Å². The second-order valence-corrected chi connectivity index (χ2v) is 7.46. The highest BCUT2D eigenvalue weighted by atomic mass is 35.5. The molecule has 0 aliphatic carbocycles. The molecule has 4 nitrogen and oxygen atoms in total. The third-order valence-electron chi connectivity index (χ3n) is 4.44. The lowest BCUT2D eigenvalue weighted by Gasteiger charge is -2.11. The molecule has 29 heavy (non-hydrogen) atoms. The van der Waals surface area contributed by atoms with Crippen molar-refractivity contribution in [1.29, 1.82) is 0 Å². The van der Waals surface area contributed by atoms with Gasteiger partial charge in [0.05, 0.1) is 16.4 Å². The van der Waals surface area contributed by atoms with E-state index in [1.807, 2.05) is 61.5 Å². The van der Waals surface area contributed by atoms with Crippen molar-refractivity contribution in [3.8, 4) is 16.9 Å². The number of anilines is 1. The predicted molar refractivity (Wildman–Crippen MR) is 118 cm³/mol. The van der Waals surface area contributed by atoms with Gasteiger partial charge < -0.3 is 5.32 Å². The molecular formula is C23H17Cl2N3O. The van der Waals surface area contributed by atoms with Crippen LogP contribution in [0, 0.1) is 6.92 Å². The molecule has 3 aromatic carbocycles. The highest BCUT2D eigenvalue weighted by Crippen LogP contribution is 2.30. The lowest BCUT2D eigenvalue weighted by molar-refractivity contribution is 0.102. The Morgan fingerprint density at radius 2 is 1.72 bits per heavy atom. The quantitative estimate of drug-likeness (QED) is 0.413. The third kappa shape index (κ3) is 4.19. The molecule has 1 amide bonds. The maximum Gasteiger partial charge on any atom is 0.256 e. The second-order valence-electron chi connectivity index (χ2n) is 6.61. The topological polar surface area (TPSA) is 46.9 Å². The molecule has 0 bridgehead atoms. The normalized spacial score (nSPS) is 10.7. The summed E-state index contributed by atoms with van der Waals surface area (Å²) in [5.74, 6) is 0.270. The number of nitrogens with zero attached hydrogens (tertiary/aromatic N) is 2. The summed E-state index contributed by atoms with van der Waals surface area (Å²) in [7, 11) is 0. The molecule has 1 heterocycles. The summed E-state index contributed by atoms with van der Waals surface area (Å²) < 4.78 is 1.60. The van der Waals surface area contributed by atoms with Gasteiger partial charge in [0, 0.05) is 22.2 Å². The molecule has 0 fully saturated rings. The van der Waals surface area contributed by atoms with Crippen LogP contribution in [0.15, 0.2) is 78.9 Å². The first-order chi connectivity index (χ1) is 14.0. The van der Waals surface area contributed by atoms with Gasteiger partial charge in [-0.1, -0.05) is 71.2 Å². The van der Waals surface area contributed by atoms with Crippen LogP contribution >= 0.6 is 23.2 Å². The summed E-state index contributed by atoms with van der Waals surface area (Å²) in [5.41, 5.74) is 3.79. The van der Waals surface area contributed by atoms with Crippen molar-refractivity contribution >= 4 is 34.9 Å². The van der Waals surface area contributed by atoms with Gasteiger partial charge in [0.2, 0.25) is 0 Å². The first kappa shape index (κ1) is 19.2. The van der Waals surface area contributed by atoms with E-state index in [0.717, 1.165) is 11.1 Å². The number of hydrogen-bond donors (Lipinski definition) is 1. The number of aromatic nitrogens is 2. The molecule has 1 N–H and O–H groups in total. The van der Waals surface area contributed by atoms with Crippen molar-refractivity contribution in [2.45, 2.75) is 6.92 Å². The van der Waals surface area contributed by atoms with Crippen LogP contribution < -0.4 is 5.32 Å². The summed E-state index contributed by atoms with van der Waals surface area (Å²) in [6, 6.07) is 24.1. The van der Waals surface area contributed by atoms with E-state index in [1.54, 1.807) is 28.9 Å². The van der Waals surface area contributed by atoms with Crippen LogP contribution in [0.5, 0.6) is 0 Å². The molecule has 4 rings (SSSR count). The molecule has 0 atom stereocenters. The average molecular weight is 422 g/mol. The van der Waals surface area contributed by atoms with Crippen molar-refractivity contribution in [3.05, 3.63) is 100 Å². The number of carbonyl (C=O) groups is 1. The fourth-order valence-electron chi connectivity index (χ4n) is 3.03. The van der Waals surface area contributed by atoms with E-state index in [9.17, 15) is 4.79 Å². The lowest BCUT2D eigenvalue weighted by atomic mass is 10.1. The molecule has 0 unspecified atom stereocenters. The number of carbonyl (C=O) groups excluding carboxylic acids is 1. The maximum atomic E-state index is 12.8. The summed E-state index contributed by atoms with van der Waals surface area (Å²) in [6.07, 6.45) is 0. The van der Waals surface area contributed by atoms with Gasteiger partial charge in [-0.05, 0) is 37.3 Å². The molecule has 6 heteroatoms. The SMILES string of the molecule is Cc1cccc(C(=O)Nc2cc(-c3ccccc3)nn2-c2cc(Cl)ccc2Cl)c1. The number of rotatable bonds is 4. The van der Waals surface area contributed by atoms with E-state index in [-0.39, 0.29) is 5.91 Å². The van der Waals surface area contributed by atoms with Crippen LogP contribution in [-0.4, -0.2) is 15.7 Å². The third-order valence-corrected chi connectivity index (χ3v) is 4.99. The van der Waals surface area contributed by atoms with Gasteiger partial charge in [-0.3, -0.25) is 4.79 Å². The van der Waals surface area contributed by atoms with Crippen LogP contribution in [0.2, 0.25) is 10.0 Å². The molecule has 4 aromatic rings. The summed E-state index contributed by atoms with van der Waals surface area (Å²) in [6.45, 7) is 1.94. The van der Waals surface area contributed by atoms with Crippen LogP contribution in [0.1, 0.15) is 15.9 Å². The molecule has 0 radical (unpaired) electrons. The Kier molecular flexibility index (Phi) is 5.38. The monoisotopic (exact) mass is 421 g/mol. The fourth-order valence-corrected chi connectivity index (χ4v) is 3.39. The summed E-state index contributed by atoms with van der Waals surface area (Å²) >= 11 is 12.6. The van der Waals surface area contributed by atoms with Gasteiger partial charge in [-0.2, -0.15) is 5.10 Å². The van der Waals surface area contributed by atoms with E-state index < -0.39 is 0 Å². The first-order valence-electron chi connectivity index (χ1n) is 9.00. The van der Waals surface area contributed by atoms with Crippen LogP contribution in [0.25, 0.3) is 16.9 Å². The van der Waals surface area contributed by atoms with Crippen molar-refractivity contribution in [3.63, 3.8) is 0 Å². The molecule has 0 spiro atoms. The Hall–Kier alpha value is -3.08. The Bertz CT molecular complexity index is 1190. The molecule has 0 aliphatic rings. The minimum atomic E-state index is -0.229. The number of amides is 1. The minimum absolute atomic E-state index is 0.229. The Morgan fingerprint density at radius 1 is 0.931 bits per heavy atom. The average Bonchev–Trinajstić information content (AvgIpc) is 3.14. The van der Waals surface area contributed by atoms with Gasteiger partial charge in [0.15, 0.2) is 0 Å². The number of benzene rings is 3. The molecule has 144 valence electrons. The van der Waals surface area contributed by atoms with E-state index in [1.165, 1.54) is 0 Å². The zero-order valence-electron chi connectivity index (χ0n) is 15.6. The highest BCUT2D eigenvalue weighted by Gasteiger charge is 2.17. The molecule has 0 saturated heterocycles. The predicted octanol–water partition coefficient (Wildman–Crippen LogP) is 6.41. The van der Waals surface area contributed by atoms with Gasteiger partial charge in [0.1, 0.15) is 5.82 Å². The molecule has 1 aromatic heterocycles. The van der Waals surface area contributed by atoms with Crippen molar-refractivity contribution < 1.29 is 4.79 Å². The second kappa shape index (κ2) is 8.11. The van der Waals surface area contributed by atoms with E-state index in [2.05, 4.69) is 10.4 Å². The van der Waals surface area contributed by atoms with E-state index in [4.69, 9.17) is 23.2 Å². The van der Waals surface area contributed by atoms with Gasteiger partial charge in [0.25, 0.3) is 5.91 Å². The van der Waals surface area contributed by atoms with Crippen molar-refractivity contribution in [2.75, 3.05) is 5.32 Å². The smallest absolute Gasteiger partial charge is 0.256 e. The van der Waals surface area contributed by atoms with Crippen molar-refractivity contribution in [1.82, 2.24) is 9.78 Å². The lowest BCUT2D eigenvalue weighted by Crippen LogP contribution is -2.15. The number of hydrogen-bond acceptors (Lipinski definition) is 2. The standard InChI is InChI=1S/C23H17Cl2N3O/c1-15-6-5-9-17(12-15)23(29)26-22-14-20(16-7-3-2-4-8-16)27-28(22)21-13-18(24)10-11-19(21)25/h2-14H,1H3,(H,26,29). The van der Waals surface area contributed by atoms with Gasteiger partial charge in [-0.15, -0.1) is 0 Å². The molecular weight excluding hydrogens is 405 g/mol. The van der Waals surface area contributed by atoms with Gasteiger partial charge >= 0.3 is 0 Å². The first-order valence-corrected chi connectivity index (χ1v) is 9.76. The van der Waals surface area contributed by atoms with Crippen LogP contribution in [0.4, 0.5) is 5.82 Å². The van der Waals surface area contributed by atoms with E-state index >= 15 is 0 Å². The number of halogens is 2. The van der Waals surface area contributed by atoms with Crippen LogP contribution in [0.3, 0.4) is 0 Å². The Morgan fingerprint density at radius 3 is 2.48 bits per heavy atom. The minimum Gasteiger partial charge on any atom is -0.306 e. The highest BCUT2D eigenvalue weighted by molar-refractivity contribution is 6.34. The van der Waals surface area contributed by atoms with Gasteiger partial charge in [-0.25, -0.2) is 4.68 Å². The number of nitrogens with one attached hydrogen (secondary N) is 1. The largest absolute Gasteiger partial charge is 0.306 e. The zero-order chi connectivity index (χ0) is 20.4. The molecule has 0 aliphatic heterocycles.